The summed E-state index contributed by atoms with van der Waals surface area (Å²) in [5, 5.41) is 3.66. The van der Waals surface area contributed by atoms with E-state index >= 15 is 0 Å². The van der Waals surface area contributed by atoms with E-state index in [0.29, 0.717) is 12.1 Å². The molecule has 0 bridgehead atoms. The van der Waals surface area contributed by atoms with E-state index in [1.807, 2.05) is 11.3 Å². The second-order valence-electron chi connectivity index (χ2n) is 6.05. The standard InChI is InChI=1S/C16H28N2S/c1-12(2)18(4)10-9-17-13(3)16-11-14-7-5-6-8-15(14)19-16/h11-13,17H,5-10H2,1-4H3. The third-order valence-electron chi connectivity index (χ3n) is 4.24. The fourth-order valence-corrected chi connectivity index (χ4v) is 3.83. The molecule has 2 rings (SSSR count). The summed E-state index contributed by atoms with van der Waals surface area (Å²) in [5.41, 5.74) is 1.62. The van der Waals surface area contributed by atoms with Crippen molar-refractivity contribution in [2.75, 3.05) is 20.1 Å². The average Bonchev–Trinajstić information content (AvgIpc) is 2.82. The Morgan fingerprint density at radius 3 is 2.68 bits per heavy atom. The molecule has 108 valence electrons. The second kappa shape index (κ2) is 6.87. The van der Waals surface area contributed by atoms with Crippen molar-refractivity contribution >= 4 is 11.3 Å². The number of rotatable bonds is 6. The number of hydrogen-bond donors (Lipinski definition) is 1. The number of aryl methyl sites for hydroxylation is 2. The highest BCUT2D eigenvalue weighted by atomic mass is 32.1. The number of nitrogens with zero attached hydrogens (tertiary/aromatic N) is 1. The Kier molecular flexibility index (Phi) is 5.43. The molecule has 3 heteroatoms. The summed E-state index contributed by atoms with van der Waals surface area (Å²) >= 11 is 2.03. The van der Waals surface area contributed by atoms with Crippen LogP contribution in [-0.2, 0) is 12.8 Å². The lowest BCUT2D eigenvalue weighted by molar-refractivity contribution is 0.270. The van der Waals surface area contributed by atoms with Gasteiger partial charge in [-0.1, -0.05) is 0 Å². The Morgan fingerprint density at radius 1 is 1.26 bits per heavy atom. The zero-order valence-corrected chi connectivity index (χ0v) is 13.6. The number of likely N-dealkylation sites (N-methyl/N-ethyl adjacent to an activating group) is 1. The lowest BCUT2D eigenvalue weighted by atomic mass is 9.99. The van der Waals surface area contributed by atoms with Gasteiger partial charge in [0, 0.05) is 34.9 Å². The van der Waals surface area contributed by atoms with Crippen LogP contribution in [0.1, 0.15) is 55.0 Å². The smallest absolute Gasteiger partial charge is 0.0386 e. The largest absolute Gasteiger partial charge is 0.308 e. The lowest BCUT2D eigenvalue weighted by Gasteiger charge is -2.22. The van der Waals surface area contributed by atoms with Crippen LogP contribution in [0.15, 0.2) is 6.07 Å². The van der Waals surface area contributed by atoms with Crippen molar-refractivity contribution in [3.8, 4) is 0 Å². The van der Waals surface area contributed by atoms with Crippen molar-refractivity contribution in [3.63, 3.8) is 0 Å². The SMILES string of the molecule is CC(NCCN(C)C(C)C)c1cc2c(s1)CCCC2. The van der Waals surface area contributed by atoms with Crippen molar-refractivity contribution in [1.82, 2.24) is 10.2 Å². The van der Waals surface area contributed by atoms with Gasteiger partial charge in [0.05, 0.1) is 0 Å². The van der Waals surface area contributed by atoms with Crippen molar-refractivity contribution in [3.05, 3.63) is 21.4 Å². The van der Waals surface area contributed by atoms with Crippen LogP contribution in [0, 0.1) is 0 Å². The first-order valence-corrected chi connectivity index (χ1v) is 8.44. The molecule has 1 aromatic heterocycles. The highest BCUT2D eigenvalue weighted by molar-refractivity contribution is 7.12. The molecule has 0 amide bonds. The molecule has 0 aromatic carbocycles. The second-order valence-corrected chi connectivity index (χ2v) is 7.22. The Balaban J connectivity index is 1.83. The average molecular weight is 280 g/mol. The minimum Gasteiger partial charge on any atom is -0.308 e. The fraction of sp³-hybridized carbons (Fsp3) is 0.750. The van der Waals surface area contributed by atoms with E-state index in [1.165, 1.54) is 30.6 Å². The van der Waals surface area contributed by atoms with Gasteiger partial charge < -0.3 is 10.2 Å². The van der Waals surface area contributed by atoms with Crippen LogP contribution < -0.4 is 5.32 Å². The van der Waals surface area contributed by atoms with E-state index in [4.69, 9.17) is 0 Å². The molecule has 1 N–H and O–H groups in total. The first kappa shape index (κ1) is 15.0. The summed E-state index contributed by atoms with van der Waals surface area (Å²) in [5.74, 6) is 0. The molecule has 19 heavy (non-hydrogen) atoms. The van der Waals surface area contributed by atoms with Crippen LogP contribution in [0.25, 0.3) is 0 Å². The number of fused-ring (bicyclic) bond motifs is 1. The Labute approximate surface area is 122 Å². The zero-order chi connectivity index (χ0) is 13.8. The highest BCUT2D eigenvalue weighted by Crippen LogP contribution is 2.32. The van der Waals surface area contributed by atoms with Gasteiger partial charge in [-0.05, 0) is 65.1 Å². The van der Waals surface area contributed by atoms with E-state index in [0.717, 1.165) is 13.1 Å². The van der Waals surface area contributed by atoms with Crippen LogP contribution in [0.4, 0.5) is 0 Å². The van der Waals surface area contributed by atoms with Crippen LogP contribution in [-0.4, -0.2) is 31.1 Å². The summed E-state index contributed by atoms with van der Waals surface area (Å²) < 4.78 is 0. The maximum Gasteiger partial charge on any atom is 0.0386 e. The lowest BCUT2D eigenvalue weighted by Crippen LogP contribution is -2.34. The van der Waals surface area contributed by atoms with E-state index in [9.17, 15) is 0 Å². The van der Waals surface area contributed by atoms with Crippen LogP contribution in [0.2, 0.25) is 0 Å². The molecule has 1 aliphatic rings. The molecule has 0 saturated carbocycles. The molecular formula is C16H28N2S. The Morgan fingerprint density at radius 2 is 2.00 bits per heavy atom. The van der Waals surface area contributed by atoms with Crippen molar-refractivity contribution in [1.29, 1.82) is 0 Å². The third kappa shape index (κ3) is 4.04. The van der Waals surface area contributed by atoms with Gasteiger partial charge >= 0.3 is 0 Å². The van der Waals surface area contributed by atoms with Crippen molar-refractivity contribution < 1.29 is 0 Å². The number of hydrogen-bond acceptors (Lipinski definition) is 3. The van der Waals surface area contributed by atoms with E-state index < -0.39 is 0 Å². The molecule has 1 aromatic rings. The van der Waals surface area contributed by atoms with Gasteiger partial charge in [0.25, 0.3) is 0 Å². The quantitative estimate of drug-likeness (QED) is 0.856. The molecule has 0 aliphatic heterocycles. The summed E-state index contributed by atoms with van der Waals surface area (Å²) in [7, 11) is 2.20. The fourth-order valence-electron chi connectivity index (χ4n) is 2.54. The molecule has 0 fully saturated rings. The minimum atomic E-state index is 0.496. The first-order valence-electron chi connectivity index (χ1n) is 7.63. The molecule has 1 atom stereocenters. The zero-order valence-electron chi connectivity index (χ0n) is 12.8. The molecule has 1 heterocycles. The van der Waals surface area contributed by atoms with Gasteiger partial charge in [-0.3, -0.25) is 0 Å². The highest BCUT2D eigenvalue weighted by Gasteiger charge is 2.16. The maximum absolute atomic E-state index is 3.66. The number of nitrogens with one attached hydrogen (secondary N) is 1. The molecule has 0 radical (unpaired) electrons. The van der Waals surface area contributed by atoms with Crippen molar-refractivity contribution in [2.45, 2.75) is 58.5 Å². The van der Waals surface area contributed by atoms with Crippen LogP contribution >= 0.6 is 11.3 Å². The third-order valence-corrected chi connectivity index (χ3v) is 5.66. The monoisotopic (exact) mass is 280 g/mol. The van der Waals surface area contributed by atoms with E-state index in [-0.39, 0.29) is 0 Å². The Bertz CT molecular complexity index is 374. The van der Waals surface area contributed by atoms with Gasteiger partial charge in [0.15, 0.2) is 0 Å². The molecular weight excluding hydrogens is 252 g/mol. The topological polar surface area (TPSA) is 15.3 Å². The maximum atomic E-state index is 3.66. The molecule has 1 unspecified atom stereocenters. The summed E-state index contributed by atoms with van der Waals surface area (Å²) in [6, 6.07) is 3.57. The normalized spacial score (nSPS) is 16.9. The predicted octanol–water partition coefficient (Wildman–Crippen LogP) is 3.62. The molecule has 0 spiro atoms. The molecule has 1 aliphatic carbocycles. The summed E-state index contributed by atoms with van der Waals surface area (Å²) in [4.78, 5) is 5.56. The van der Waals surface area contributed by atoms with Crippen LogP contribution in [0.3, 0.4) is 0 Å². The van der Waals surface area contributed by atoms with E-state index in [2.05, 4.69) is 44.1 Å². The molecule has 0 saturated heterocycles. The van der Waals surface area contributed by atoms with Gasteiger partial charge in [0.2, 0.25) is 0 Å². The minimum absolute atomic E-state index is 0.496. The van der Waals surface area contributed by atoms with Gasteiger partial charge in [-0.25, -0.2) is 0 Å². The van der Waals surface area contributed by atoms with Gasteiger partial charge in [0.1, 0.15) is 0 Å². The van der Waals surface area contributed by atoms with Gasteiger partial charge in [-0.2, -0.15) is 0 Å². The summed E-state index contributed by atoms with van der Waals surface area (Å²) in [6.07, 6.45) is 5.37. The predicted molar refractivity (Wildman–Crippen MR) is 85.1 cm³/mol. The van der Waals surface area contributed by atoms with Crippen LogP contribution in [0.5, 0.6) is 0 Å². The van der Waals surface area contributed by atoms with Gasteiger partial charge in [-0.15, -0.1) is 11.3 Å². The van der Waals surface area contributed by atoms with Crippen molar-refractivity contribution in [2.24, 2.45) is 0 Å². The first-order chi connectivity index (χ1) is 9.08. The molecule has 2 nitrogen and oxygen atoms in total. The van der Waals surface area contributed by atoms with E-state index in [1.54, 1.807) is 10.4 Å². The summed E-state index contributed by atoms with van der Waals surface area (Å²) in [6.45, 7) is 8.98. The Hall–Kier alpha value is -0.380. The number of thiophene rings is 1.